The number of benzene rings is 2. The summed E-state index contributed by atoms with van der Waals surface area (Å²) in [6.45, 7) is 4.46. The van der Waals surface area contributed by atoms with E-state index < -0.39 is 0 Å². The fourth-order valence-electron chi connectivity index (χ4n) is 4.55. The summed E-state index contributed by atoms with van der Waals surface area (Å²) in [7, 11) is 1.69. The van der Waals surface area contributed by atoms with Gasteiger partial charge in [-0.05, 0) is 74.0 Å². The molecule has 142 valence electrons. The first kappa shape index (κ1) is 18.1. The molecule has 1 fully saturated rings. The number of ether oxygens (including phenoxy) is 1. The van der Waals surface area contributed by atoms with Gasteiger partial charge in [-0.15, -0.1) is 0 Å². The summed E-state index contributed by atoms with van der Waals surface area (Å²) in [5.74, 6) is 1.07. The molecule has 0 radical (unpaired) electrons. The molecule has 2 aromatic carbocycles. The summed E-state index contributed by atoms with van der Waals surface area (Å²) in [6, 6.07) is 15.0. The molecule has 2 aromatic rings. The Kier molecular flexibility index (Phi) is 5.17. The summed E-state index contributed by atoms with van der Waals surface area (Å²) in [4.78, 5) is 17.5. The largest absolute Gasteiger partial charge is 0.497 e. The maximum atomic E-state index is 13.2. The summed E-state index contributed by atoms with van der Waals surface area (Å²) in [5, 5.41) is 0. The van der Waals surface area contributed by atoms with Gasteiger partial charge in [-0.3, -0.25) is 9.69 Å². The molecule has 0 saturated carbocycles. The highest BCUT2D eigenvalue weighted by molar-refractivity contribution is 5.96. The molecule has 0 aliphatic carbocycles. The Morgan fingerprint density at radius 3 is 2.81 bits per heavy atom. The molecule has 0 spiro atoms. The first-order valence-corrected chi connectivity index (χ1v) is 9.94. The topological polar surface area (TPSA) is 32.8 Å². The number of rotatable bonds is 4. The van der Waals surface area contributed by atoms with Crippen LogP contribution >= 0.6 is 0 Å². The van der Waals surface area contributed by atoms with Gasteiger partial charge in [0.05, 0.1) is 13.7 Å². The monoisotopic (exact) mass is 364 g/mol. The molecule has 2 aliphatic heterocycles. The summed E-state index contributed by atoms with van der Waals surface area (Å²) < 4.78 is 5.35. The zero-order valence-electron chi connectivity index (χ0n) is 16.3. The molecule has 0 N–H and O–H groups in total. The van der Waals surface area contributed by atoms with Crippen molar-refractivity contribution in [3.05, 3.63) is 59.2 Å². The number of fused-ring (bicyclic) bond motifs is 1. The number of aryl methyl sites for hydroxylation is 2. The molecule has 1 atom stereocenters. The lowest BCUT2D eigenvalue weighted by atomic mass is 9.99. The standard InChI is InChI=1S/C23H28N2O2/c1-17-7-3-4-9-20(17)22-10-6-13-24(22)16-23(26)25-14-5-8-18-15-19(27-2)11-12-21(18)25/h3-4,7,9,11-12,15,22H,5-6,8,10,13-14,16H2,1-2H3. The van der Waals surface area contributed by atoms with Crippen LogP contribution in [0.25, 0.3) is 0 Å². The van der Waals surface area contributed by atoms with E-state index in [4.69, 9.17) is 4.74 Å². The molecule has 4 rings (SSSR count). The molecule has 2 aliphatic rings. The summed E-state index contributed by atoms with van der Waals surface area (Å²) in [6.07, 6.45) is 4.30. The van der Waals surface area contributed by atoms with Crippen LogP contribution in [0.1, 0.15) is 42.0 Å². The van der Waals surface area contributed by atoms with Gasteiger partial charge in [-0.25, -0.2) is 0 Å². The molecule has 1 unspecified atom stereocenters. The molecule has 4 heteroatoms. The zero-order valence-corrected chi connectivity index (χ0v) is 16.3. The van der Waals surface area contributed by atoms with E-state index in [0.29, 0.717) is 12.6 Å². The van der Waals surface area contributed by atoms with Gasteiger partial charge < -0.3 is 9.64 Å². The van der Waals surface area contributed by atoms with E-state index in [1.807, 2.05) is 17.0 Å². The minimum Gasteiger partial charge on any atom is -0.497 e. The van der Waals surface area contributed by atoms with Crippen LogP contribution in [0.15, 0.2) is 42.5 Å². The lowest BCUT2D eigenvalue weighted by molar-refractivity contribution is -0.120. The maximum absolute atomic E-state index is 13.2. The van der Waals surface area contributed by atoms with E-state index in [-0.39, 0.29) is 5.91 Å². The molecule has 4 nitrogen and oxygen atoms in total. The van der Waals surface area contributed by atoms with Crippen molar-refractivity contribution in [3.63, 3.8) is 0 Å². The lowest BCUT2D eigenvalue weighted by Crippen LogP contribution is -2.42. The SMILES string of the molecule is COc1ccc2c(c1)CCCN2C(=O)CN1CCCC1c1ccccc1C. The number of hydrogen-bond donors (Lipinski definition) is 0. The van der Waals surface area contributed by atoms with Gasteiger partial charge in [-0.2, -0.15) is 0 Å². The van der Waals surface area contributed by atoms with Crippen LogP contribution in [0, 0.1) is 6.92 Å². The van der Waals surface area contributed by atoms with Crippen molar-refractivity contribution in [1.29, 1.82) is 0 Å². The number of likely N-dealkylation sites (tertiary alicyclic amines) is 1. The smallest absolute Gasteiger partial charge is 0.241 e. The minimum absolute atomic E-state index is 0.210. The van der Waals surface area contributed by atoms with Crippen molar-refractivity contribution >= 4 is 11.6 Å². The molecule has 0 aromatic heterocycles. The van der Waals surface area contributed by atoms with Crippen molar-refractivity contribution in [2.24, 2.45) is 0 Å². The molecule has 27 heavy (non-hydrogen) atoms. The van der Waals surface area contributed by atoms with Crippen LogP contribution in [0.4, 0.5) is 5.69 Å². The Balaban J connectivity index is 1.52. The fourth-order valence-corrected chi connectivity index (χ4v) is 4.55. The van der Waals surface area contributed by atoms with Crippen LogP contribution in [-0.4, -0.2) is 37.6 Å². The van der Waals surface area contributed by atoms with Gasteiger partial charge in [-0.1, -0.05) is 24.3 Å². The number of hydrogen-bond acceptors (Lipinski definition) is 3. The predicted octanol–water partition coefficient (Wildman–Crippen LogP) is 4.12. The van der Waals surface area contributed by atoms with Gasteiger partial charge in [0.15, 0.2) is 0 Å². The Morgan fingerprint density at radius 1 is 1.15 bits per heavy atom. The van der Waals surface area contributed by atoms with Gasteiger partial charge in [0, 0.05) is 18.3 Å². The van der Waals surface area contributed by atoms with Crippen molar-refractivity contribution in [3.8, 4) is 5.75 Å². The summed E-state index contributed by atoms with van der Waals surface area (Å²) >= 11 is 0. The molecular formula is C23H28N2O2. The Labute approximate surface area is 161 Å². The quantitative estimate of drug-likeness (QED) is 0.818. The second kappa shape index (κ2) is 7.73. The van der Waals surface area contributed by atoms with Crippen LogP contribution in [0.5, 0.6) is 5.75 Å². The first-order valence-electron chi connectivity index (χ1n) is 9.94. The second-order valence-corrected chi connectivity index (χ2v) is 7.63. The Hall–Kier alpha value is -2.33. The van der Waals surface area contributed by atoms with E-state index in [0.717, 1.165) is 50.2 Å². The highest BCUT2D eigenvalue weighted by atomic mass is 16.5. The summed E-state index contributed by atoms with van der Waals surface area (Å²) in [5.41, 5.74) is 4.95. The van der Waals surface area contributed by atoms with E-state index in [2.05, 4.69) is 42.2 Å². The highest BCUT2D eigenvalue weighted by Gasteiger charge is 2.31. The van der Waals surface area contributed by atoms with Crippen molar-refractivity contribution in [2.45, 2.75) is 38.6 Å². The molecule has 1 saturated heterocycles. The second-order valence-electron chi connectivity index (χ2n) is 7.63. The average molecular weight is 364 g/mol. The maximum Gasteiger partial charge on any atom is 0.241 e. The minimum atomic E-state index is 0.210. The molecular weight excluding hydrogens is 336 g/mol. The third kappa shape index (κ3) is 3.59. The first-order chi connectivity index (χ1) is 13.2. The Bertz CT molecular complexity index is 833. The van der Waals surface area contributed by atoms with Gasteiger partial charge in [0.1, 0.15) is 5.75 Å². The number of methoxy groups -OCH3 is 1. The highest BCUT2D eigenvalue weighted by Crippen LogP contribution is 2.35. The predicted molar refractivity (Wildman–Crippen MR) is 108 cm³/mol. The van der Waals surface area contributed by atoms with Crippen LogP contribution in [0.3, 0.4) is 0 Å². The average Bonchev–Trinajstić information content (AvgIpc) is 3.15. The van der Waals surface area contributed by atoms with E-state index in [9.17, 15) is 4.79 Å². The Morgan fingerprint density at radius 2 is 2.00 bits per heavy atom. The van der Waals surface area contributed by atoms with Crippen molar-refractivity contribution in [2.75, 3.05) is 31.6 Å². The normalized spacial score (nSPS) is 19.8. The van der Waals surface area contributed by atoms with Crippen LogP contribution < -0.4 is 9.64 Å². The number of carbonyl (C=O) groups is 1. The van der Waals surface area contributed by atoms with Crippen LogP contribution in [0.2, 0.25) is 0 Å². The van der Waals surface area contributed by atoms with E-state index in [1.54, 1.807) is 7.11 Å². The third-order valence-electron chi connectivity index (χ3n) is 5.96. The van der Waals surface area contributed by atoms with Crippen LogP contribution in [-0.2, 0) is 11.2 Å². The molecule has 0 bridgehead atoms. The molecule has 1 amide bonds. The zero-order chi connectivity index (χ0) is 18.8. The number of anilines is 1. The lowest BCUT2D eigenvalue weighted by Gasteiger charge is -2.33. The van der Waals surface area contributed by atoms with Crippen molar-refractivity contribution < 1.29 is 9.53 Å². The third-order valence-corrected chi connectivity index (χ3v) is 5.96. The fraction of sp³-hybridized carbons (Fsp3) is 0.435. The number of nitrogens with zero attached hydrogens (tertiary/aromatic N) is 2. The van der Waals surface area contributed by atoms with Gasteiger partial charge >= 0.3 is 0 Å². The van der Waals surface area contributed by atoms with E-state index >= 15 is 0 Å². The number of carbonyl (C=O) groups excluding carboxylic acids is 1. The number of amides is 1. The van der Waals surface area contributed by atoms with Gasteiger partial charge in [0.2, 0.25) is 5.91 Å². The van der Waals surface area contributed by atoms with Gasteiger partial charge in [0.25, 0.3) is 0 Å². The van der Waals surface area contributed by atoms with E-state index in [1.165, 1.54) is 16.7 Å². The molecule has 2 heterocycles. The van der Waals surface area contributed by atoms with Crippen molar-refractivity contribution in [1.82, 2.24) is 4.90 Å².